The van der Waals surface area contributed by atoms with Crippen LogP contribution in [0.4, 0.5) is 0 Å². The normalized spacial score (nSPS) is 25.7. The van der Waals surface area contributed by atoms with E-state index in [1.165, 1.54) is 31.2 Å². The Morgan fingerprint density at radius 1 is 1.15 bits per heavy atom. The predicted octanol–water partition coefficient (Wildman–Crippen LogP) is 3.04. The molecule has 1 aromatic heterocycles. The molecule has 1 heteroatoms. The monoisotopic (exact) mass is 171 g/mol. The van der Waals surface area contributed by atoms with Crippen LogP contribution in [0.15, 0.2) is 30.1 Å². The van der Waals surface area contributed by atoms with E-state index in [0.29, 0.717) is 0 Å². The standard InChI is InChI=1S/C12H13N/c1-2-11-7-9(1)8-12(11)10-3-5-13-6-4-10/h3-6,9H,1-2,7-8H2. The molecule has 66 valence electrons. The largest absolute Gasteiger partial charge is 0.265 e. The lowest BCUT2D eigenvalue weighted by molar-refractivity contribution is 0.582. The molecule has 1 heterocycles. The molecule has 0 spiro atoms. The van der Waals surface area contributed by atoms with Gasteiger partial charge in [0.25, 0.3) is 0 Å². The summed E-state index contributed by atoms with van der Waals surface area (Å²) in [4.78, 5) is 4.06. The van der Waals surface area contributed by atoms with Crippen molar-refractivity contribution in [3.8, 4) is 0 Å². The Morgan fingerprint density at radius 2 is 2.00 bits per heavy atom. The number of hydrogen-bond acceptors (Lipinski definition) is 1. The van der Waals surface area contributed by atoms with Crippen molar-refractivity contribution in [2.45, 2.75) is 25.7 Å². The third-order valence-corrected chi connectivity index (χ3v) is 3.34. The van der Waals surface area contributed by atoms with Crippen molar-refractivity contribution in [3.05, 3.63) is 35.7 Å². The van der Waals surface area contributed by atoms with Crippen LogP contribution in [-0.4, -0.2) is 4.98 Å². The third-order valence-electron chi connectivity index (χ3n) is 3.34. The van der Waals surface area contributed by atoms with E-state index in [2.05, 4.69) is 17.1 Å². The first-order valence-electron chi connectivity index (χ1n) is 5.05. The van der Waals surface area contributed by atoms with Gasteiger partial charge in [-0.15, -0.1) is 0 Å². The van der Waals surface area contributed by atoms with E-state index < -0.39 is 0 Å². The second-order valence-corrected chi connectivity index (χ2v) is 4.13. The number of fused-ring (bicyclic) bond motifs is 2. The molecule has 1 unspecified atom stereocenters. The minimum Gasteiger partial charge on any atom is -0.265 e. The molecule has 0 amide bonds. The van der Waals surface area contributed by atoms with Gasteiger partial charge in [0.05, 0.1) is 0 Å². The highest BCUT2D eigenvalue weighted by Crippen LogP contribution is 2.47. The molecule has 2 aliphatic carbocycles. The number of allylic oxidation sites excluding steroid dienone is 2. The van der Waals surface area contributed by atoms with Crippen molar-refractivity contribution in [3.63, 3.8) is 0 Å². The van der Waals surface area contributed by atoms with Crippen molar-refractivity contribution in [1.29, 1.82) is 0 Å². The Bertz CT molecular complexity index is 351. The van der Waals surface area contributed by atoms with Crippen LogP contribution < -0.4 is 0 Å². The van der Waals surface area contributed by atoms with E-state index in [0.717, 1.165) is 5.92 Å². The van der Waals surface area contributed by atoms with Gasteiger partial charge >= 0.3 is 0 Å². The van der Waals surface area contributed by atoms with Crippen molar-refractivity contribution in [1.82, 2.24) is 4.98 Å². The first kappa shape index (κ1) is 7.31. The fourth-order valence-corrected chi connectivity index (χ4v) is 2.69. The zero-order chi connectivity index (χ0) is 8.67. The highest BCUT2D eigenvalue weighted by atomic mass is 14.6. The molecule has 3 rings (SSSR count). The third kappa shape index (κ3) is 1.11. The van der Waals surface area contributed by atoms with Crippen LogP contribution in [0.2, 0.25) is 0 Å². The van der Waals surface area contributed by atoms with Gasteiger partial charge in [0, 0.05) is 12.4 Å². The van der Waals surface area contributed by atoms with Gasteiger partial charge in [0.2, 0.25) is 0 Å². The SMILES string of the molecule is c1cc(C2=C3CCC(C3)C2)ccn1. The average Bonchev–Trinajstić information content (AvgIpc) is 2.80. The van der Waals surface area contributed by atoms with Crippen LogP contribution in [0.3, 0.4) is 0 Å². The Morgan fingerprint density at radius 3 is 2.62 bits per heavy atom. The van der Waals surface area contributed by atoms with Crippen molar-refractivity contribution in [2.75, 3.05) is 0 Å². The van der Waals surface area contributed by atoms with Gasteiger partial charge < -0.3 is 0 Å². The summed E-state index contributed by atoms with van der Waals surface area (Å²) in [5.74, 6) is 0.971. The fourth-order valence-electron chi connectivity index (χ4n) is 2.69. The van der Waals surface area contributed by atoms with Crippen LogP contribution in [-0.2, 0) is 0 Å². The number of hydrogen-bond donors (Lipinski definition) is 0. The van der Waals surface area contributed by atoms with Crippen molar-refractivity contribution in [2.24, 2.45) is 5.92 Å². The Kier molecular flexibility index (Phi) is 1.51. The lowest BCUT2D eigenvalue weighted by Gasteiger charge is -2.11. The summed E-state index contributed by atoms with van der Waals surface area (Å²) in [7, 11) is 0. The molecule has 0 saturated heterocycles. The average molecular weight is 171 g/mol. The van der Waals surface area contributed by atoms with Crippen molar-refractivity contribution >= 4 is 5.57 Å². The highest BCUT2D eigenvalue weighted by Gasteiger charge is 2.30. The number of pyridine rings is 1. The summed E-state index contributed by atoms with van der Waals surface area (Å²) in [6.07, 6.45) is 9.27. The zero-order valence-corrected chi connectivity index (χ0v) is 7.66. The Balaban J connectivity index is 2.03. The number of aromatic nitrogens is 1. The van der Waals surface area contributed by atoms with Crippen LogP contribution in [0.5, 0.6) is 0 Å². The van der Waals surface area contributed by atoms with Crippen molar-refractivity contribution < 1.29 is 0 Å². The maximum absolute atomic E-state index is 4.06. The van der Waals surface area contributed by atoms with E-state index in [4.69, 9.17) is 0 Å². The quantitative estimate of drug-likeness (QED) is 0.633. The first-order valence-corrected chi connectivity index (χ1v) is 5.05. The lowest BCUT2D eigenvalue weighted by Crippen LogP contribution is -1.93. The molecular weight excluding hydrogens is 158 g/mol. The lowest BCUT2D eigenvalue weighted by atomic mass is 9.94. The minimum absolute atomic E-state index is 0.971. The molecule has 0 aromatic carbocycles. The predicted molar refractivity (Wildman–Crippen MR) is 53.1 cm³/mol. The van der Waals surface area contributed by atoms with Crippen LogP contribution >= 0.6 is 0 Å². The molecule has 0 radical (unpaired) electrons. The van der Waals surface area contributed by atoms with Crippen LogP contribution in [0, 0.1) is 5.92 Å². The molecule has 1 saturated carbocycles. The fraction of sp³-hybridized carbons (Fsp3) is 0.417. The highest BCUT2D eigenvalue weighted by molar-refractivity contribution is 5.71. The molecule has 0 aliphatic heterocycles. The Hall–Kier alpha value is -1.11. The van der Waals surface area contributed by atoms with E-state index in [9.17, 15) is 0 Å². The smallest absolute Gasteiger partial charge is 0.0273 e. The summed E-state index contributed by atoms with van der Waals surface area (Å²) in [5.41, 5.74) is 4.75. The van der Waals surface area contributed by atoms with Gasteiger partial charge in [-0.1, -0.05) is 5.57 Å². The maximum atomic E-state index is 4.06. The summed E-state index contributed by atoms with van der Waals surface area (Å²) in [5, 5.41) is 0. The molecule has 2 bridgehead atoms. The van der Waals surface area contributed by atoms with Gasteiger partial charge in [-0.3, -0.25) is 4.98 Å². The zero-order valence-electron chi connectivity index (χ0n) is 7.66. The molecule has 1 nitrogen and oxygen atoms in total. The second kappa shape index (κ2) is 2.69. The van der Waals surface area contributed by atoms with E-state index >= 15 is 0 Å². The molecule has 2 aliphatic rings. The van der Waals surface area contributed by atoms with Gasteiger partial charge in [-0.25, -0.2) is 0 Å². The van der Waals surface area contributed by atoms with E-state index in [1.54, 1.807) is 11.1 Å². The first-order chi connectivity index (χ1) is 6.43. The molecule has 0 N–H and O–H groups in total. The summed E-state index contributed by atoms with van der Waals surface area (Å²) in [6.45, 7) is 0. The number of nitrogens with zero attached hydrogens (tertiary/aromatic N) is 1. The molecular formula is C12H13N. The van der Waals surface area contributed by atoms with Gasteiger partial charge in [-0.2, -0.15) is 0 Å². The van der Waals surface area contributed by atoms with Gasteiger partial charge in [0.1, 0.15) is 0 Å². The van der Waals surface area contributed by atoms with Gasteiger partial charge in [-0.05, 0) is 54.9 Å². The second-order valence-electron chi connectivity index (χ2n) is 4.13. The topological polar surface area (TPSA) is 12.9 Å². The Labute approximate surface area is 78.5 Å². The molecule has 1 fully saturated rings. The summed E-state index contributed by atoms with van der Waals surface area (Å²) < 4.78 is 0. The van der Waals surface area contributed by atoms with E-state index in [1.807, 2.05) is 12.4 Å². The summed E-state index contributed by atoms with van der Waals surface area (Å²) >= 11 is 0. The van der Waals surface area contributed by atoms with E-state index in [-0.39, 0.29) is 0 Å². The maximum Gasteiger partial charge on any atom is 0.0273 e. The number of rotatable bonds is 1. The van der Waals surface area contributed by atoms with Gasteiger partial charge in [0.15, 0.2) is 0 Å². The summed E-state index contributed by atoms with van der Waals surface area (Å²) in [6, 6.07) is 4.28. The molecule has 13 heavy (non-hydrogen) atoms. The van der Waals surface area contributed by atoms with Crippen LogP contribution in [0.25, 0.3) is 5.57 Å². The van der Waals surface area contributed by atoms with Crippen LogP contribution in [0.1, 0.15) is 31.2 Å². The molecule has 1 aromatic rings. The minimum atomic E-state index is 0.971. The molecule has 1 atom stereocenters.